The van der Waals surface area contributed by atoms with Gasteiger partial charge in [-0.3, -0.25) is 4.79 Å². The van der Waals surface area contributed by atoms with E-state index in [4.69, 9.17) is 17.3 Å². The Kier molecular flexibility index (Phi) is 4.77. The van der Waals surface area contributed by atoms with Crippen LogP contribution in [-0.4, -0.2) is 5.91 Å². The van der Waals surface area contributed by atoms with Crippen LogP contribution in [0.15, 0.2) is 42.5 Å². The van der Waals surface area contributed by atoms with Crippen LogP contribution >= 0.6 is 11.6 Å². The highest BCUT2D eigenvalue weighted by Crippen LogP contribution is 2.25. The number of nitrogens with one attached hydrogen (secondary N) is 1. The molecule has 116 valence electrons. The number of benzene rings is 2. The fraction of sp³-hybridized carbons (Fsp3) is 0.278. The third-order valence-electron chi connectivity index (χ3n) is 3.48. The molecule has 0 aliphatic carbocycles. The van der Waals surface area contributed by atoms with E-state index in [1.54, 1.807) is 12.1 Å². The van der Waals surface area contributed by atoms with Gasteiger partial charge in [0, 0.05) is 22.8 Å². The molecule has 0 atom stereocenters. The Balaban J connectivity index is 2.16. The van der Waals surface area contributed by atoms with Crippen molar-refractivity contribution >= 4 is 23.2 Å². The molecule has 0 saturated heterocycles. The molecule has 4 heteroatoms. The summed E-state index contributed by atoms with van der Waals surface area (Å²) in [6.07, 6.45) is 0. The van der Waals surface area contributed by atoms with Crippen molar-refractivity contribution in [3.63, 3.8) is 0 Å². The van der Waals surface area contributed by atoms with Crippen LogP contribution in [0.5, 0.6) is 0 Å². The number of carbonyl (C=O) groups excluding carboxylic acids is 1. The van der Waals surface area contributed by atoms with Crippen molar-refractivity contribution < 1.29 is 4.79 Å². The summed E-state index contributed by atoms with van der Waals surface area (Å²) in [6.45, 7) is 6.66. The molecule has 2 aromatic rings. The van der Waals surface area contributed by atoms with E-state index in [9.17, 15) is 4.79 Å². The normalized spacial score (nSPS) is 11.3. The van der Waals surface area contributed by atoms with Crippen molar-refractivity contribution in [2.24, 2.45) is 0 Å². The molecular weight excluding hydrogens is 296 g/mol. The van der Waals surface area contributed by atoms with Crippen LogP contribution in [0.4, 0.5) is 5.69 Å². The number of rotatable bonds is 3. The van der Waals surface area contributed by atoms with Crippen LogP contribution in [0.1, 0.15) is 42.3 Å². The fourth-order valence-corrected chi connectivity index (χ4v) is 2.34. The molecule has 0 aliphatic heterocycles. The molecule has 22 heavy (non-hydrogen) atoms. The molecule has 0 spiro atoms. The van der Waals surface area contributed by atoms with Crippen LogP contribution in [0.2, 0.25) is 5.02 Å². The number of carbonyl (C=O) groups is 1. The predicted octanol–water partition coefficient (Wildman–Crippen LogP) is 4.15. The van der Waals surface area contributed by atoms with Gasteiger partial charge in [-0.05, 0) is 40.8 Å². The number of anilines is 1. The van der Waals surface area contributed by atoms with Crippen LogP contribution < -0.4 is 11.1 Å². The van der Waals surface area contributed by atoms with Crippen LogP contribution in [-0.2, 0) is 12.0 Å². The molecule has 0 fully saturated rings. The zero-order valence-corrected chi connectivity index (χ0v) is 13.9. The van der Waals surface area contributed by atoms with Gasteiger partial charge in [-0.1, -0.05) is 50.6 Å². The molecule has 0 aliphatic rings. The summed E-state index contributed by atoms with van der Waals surface area (Å²) < 4.78 is 0. The van der Waals surface area contributed by atoms with E-state index in [0.717, 1.165) is 11.1 Å². The second-order valence-corrected chi connectivity index (χ2v) is 6.77. The van der Waals surface area contributed by atoms with Gasteiger partial charge >= 0.3 is 0 Å². The molecule has 0 heterocycles. The number of amides is 1. The maximum Gasteiger partial charge on any atom is 0.251 e. The minimum atomic E-state index is -0.155. The van der Waals surface area contributed by atoms with Crippen molar-refractivity contribution in [3.05, 3.63) is 64.2 Å². The molecule has 0 aromatic heterocycles. The standard InChI is InChI=1S/C18H21ClN2O/c1-18(2,3)14-8-13(9-15(20)10-14)17(22)21-11-12-6-4-5-7-16(12)19/h4-10H,11,20H2,1-3H3,(H,21,22). The summed E-state index contributed by atoms with van der Waals surface area (Å²) >= 11 is 6.09. The fourth-order valence-electron chi connectivity index (χ4n) is 2.14. The number of nitrogens with two attached hydrogens (primary N) is 1. The van der Waals surface area contributed by atoms with Crippen molar-refractivity contribution in [1.29, 1.82) is 0 Å². The van der Waals surface area contributed by atoms with Crippen molar-refractivity contribution in [1.82, 2.24) is 5.32 Å². The van der Waals surface area contributed by atoms with Gasteiger partial charge in [-0.25, -0.2) is 0 Å². The van der Waals surface area contributed by atoms with E-state index in [1.807, 2.05) is 30.3 Å². The molecule has 3 N–H and O–H groups in total. The van der Waals surface area contributed by atoms with Gasteiger partial charge < -0.3 is 11.1 Å². The summed E-state index contributed by atoms with van der Waals surface area (Å²) in [5, 5.41) is 3.53. The highest BCUT2D eigenvalue weighted by atomic mass is 35.5. The Bertz CT molecular complexity index is 690. The number of nitrogen functional groups attached to an aromatic ring is 1. The largest absolute Gasteiger partial charge is 0.399 e. The molecule has 0 bridgehead atoms. The zero-order chi connectivity index (χ0) is 16.3. The highest BCUT2D eigenvalue weighted by molar-refractivity contribution is 6.31. The number of hydrogen-bond donors (Lipinski definition) is 2. The molecule has 0 radical (unpaired) electrons. The van der Waals surface area contributed by atoms with Crippen molar-refractivity contribution in [3.8, 4) is 0 Å². The van der Waals surface area contributed by atoms with E-state index in [0.29, 0.717) is 22.8 Å². The average Bonchev–Trinajstić information content (AvgIpc) is 2.44. The zero-order valence-electron chi connectivity index (χ0n) is 13.1. The highest BCUT2D eigenvalue weighted by Gasteiger charge is 2.17. The first kappa shape index (κ1) is 16.4. The molecule has 0 unspecified atom stereocenters. The molecule has 1 amide bonds. The second-order valence-electron chi connectivity index (χ2n) is 6.37. The van der Waals surface area contributed by atoms with Crippen molar-refractivity contribution in [2.75, 3.05) is 5.73 Å². The number of halogens is 1. The summed E-state index contributed by atoms with van der Waals surface area (Å²) in [5.74, 6) is -0.155. The SMILES string of the molecule is CC(C)(C)c1cc(N)cc(C(=O)NCc2ccccc2Cl)c1. The maximum atomic E-state index is 12.4. The lowest BCUT2D eigenvalue weighted by molar-refractivity contribution is 0.0951. The maximum absolute atomic E-state index is 12.4. The third-order valence-corrected chi connectivity index (χ3v) is 3.85. The van der Waals surface area contributed by atoms with Crippen LogP contribution in [0.25, 0.3) is 0 Å². The Morgan fingerprint density at radius 3 is 2.50 bits per heavy atom. The van der Waals surface area contributed by atoms with Gasteiger partial charge in [0.2, 0.25) is 0 Å². The summed E-state index contributed by atoms with van der Waals surface area (Å²) in [7, 11) is 0. The van der Waals surface area contributed by atoms with Crippen molar-refractivity contribution in [2.45, 2.75) is 32.7 Å². The van der Waals surface area contributed by atoms with Gasteiger partial charge in [-0.15, -0.1) is 0 Å². The van der Waals surface area contributed by atoms with E-state index in [1.165, 1.54) is 0 Å². The van der Waals surface area contributed by atoms with E-state index in [-0.39, 0.29) is 11.3 Å². The lowest BCUT2D eigenvalue weighted by Gasteiger charge is -2.20. The Labute approximate surface area is 136 Å². The average molecular weight is 317 g/mol. The summed E-state index contributed by atoms with van der Waals surface area (Å²) in [6, 6.07) is 12.9. The first-order chi connectivity index (χ1) is 10.3. The van der Waals surface area contributed by atoms with E-state index < -0.39 is 0 Å². The van der Waals surface area contributed by atoms with Gasteiger partial charge in [0.1, 0.15) is 0 Å². The predicted molar refractivity (Wildman–Crippen MR) is 92.2 cm³/mol. The Morgan fingerprint density at radius 2 is 1.86 bits per heavy atom. The smallest absolute Gasteiger partial charge is 0.251 e. The Hall–Kier alpha value is -2.00. The topological polar surface area (TPSA) is 55.1 Å². The van der Waals surface area contributed by atoms with E-state index >= 15 is 0 Å². The molecule has 0 saturated carbocycles. The van der Waals surface area contributed by atoms with Gasteiger partial charge in [-0.2, -0.15) is 0 Å². The van der Waals surface area contributed by atoms with Gasteiger partial charge in [0.05, 0.1) is 0 Å². The van der Waals surface area contributed by atoms with Crippen LogP contribution in [0.3, 0.4) is 0 Å². The lowest BCUT2D eigenvalue weighted by Crippen LogP contribution is -2.24. The quantitative estimate of drug-likeness (QED) is 0.836. The molecular formula is C18H21ClN2O. The van der Waals surface area contributed by atoms with Crippen LogP contribution in [0, 0.1) is 0 Å². The molecule has 2 aromatic carbocycles. The minimum absolute atomic E-state index is 0.0624. The molecule has 3 nitrogen and oxygen atoms in total. The first-order valence-electron chi connectivity index (χ1n) is 7.20. The Morgan fingerprint density at radius 1 is 1.18 bits per heavy atom. The monoisotopic (exact) mass is 316 g/mol. The van der Waals surface area contributed by atoms with Gasteiger partial charge in [0.25, 0.3) is 5.91 Å². The third kappa shape index (κ3) is 4.01. The first-order valence-corrected chi connectivity index (χ1v) is 7.58. The summed E-state index contributed by atoms with van der Waals surface area (Å²) in [5.41, 5.74) is 8.95. The van der Waals surface area contributed by atoms with Gasteiger partial charge in [0.15, 0.2) is 0 Å². The number of hydrogen-bond acceptors (Lipinski definition) is 2. The summed E-state index contributed by atoms with van der Waals surface area (Å²) in [4.78, 5) is 12.4. The van der Waals surface area contributed by atoms with E-state index in [2.05, 4.69) is 26.1 Å². The minimum Gasteiger partial charge on any atom is -0.399 e. The second kappa shape index (κ2) is 6.41. The lowest BCUT2D eigenvalue weighted by atomic mass is 9.86. The molecule has 2 rings (SSSR count).